The first-order valence-corrected chi connectivity index (χ1v) is 8.61. The van der Waals surface area contributed by atoms with Crippen LogP contribution in [0.3, 0.4) is 0 Å². The van der Waals surface area contributed by atoms with Crippen molar-refractivity contribution in [3.05, 3.63) is 53.0 Å². The third-order valence-corrected chi connectivity index (χ3v) is 7.31. The van der Waals surface area contributed by atoms with Crippen LogP contribution in [0.2, 0.25) is 9.36 Å². The van der Waals surface area contributed by atoms with Crippen LogP contribution in [0.15, 0.2) is 33.2 Å². The Morgan fingerprint density at radius 1 is 1.12 bits per heavy atom. The molecule has 0 radical (unpaired) electrons. The van der Waals surface area contributed by atoms with E-state index in [0.29, 0.717) is 0 Å². The highest BCUT2D eigenvalue weighted by molar-refractivity contribution is 9.11. The number of hydrogen-bond acceptors (Lipinski definition) is 1. The summed E-state index contributed by atoms with van der Waals surface area (Å²) in [5.41, 5.74) is 1.02. The van der Waals surface area contributed by atoms with Crippen LogP contribution in [0, 0.1) is 0 Å². The van der Waals surface area contributed by atoms with E-state index >= 15 is 0 Å². The van der Waals surface area contributed by atoms with E-state index in [1.807, 2.05) is 24.3 Å². The van der Waals surface area contributed by atoms with Crippen molar-refractivity contribution in [1.82, 2.24) is 0 Å². The van der Waals surface area contributed by atoms with Gasteiger partial charge in [0, 0.05) is 13.8 Å². The molecule has 0 aliphatic heterocycles. The van der Waals surface area contributed by atoms with Gasteiger partial charge in [-0.1, -0.05) is 51.3 Å². The maximum absolute atomic E-state index is 6.27. The zero-order chi connectivity index (χ0) is 12.6. The number of halogens is 5. The molecule has 6 heteroatoms. The van der Waals surface area contributed by atoms with Gasteiger partial charge in [-0.25, -0.2) is 0 Å². The predicted molar refractivity (Wildman–Crippen MR) is 87.0 cm³/mol. The lowest BCUT2D eigenvalue weighted by molar-refractivity contribution is 1.22. The van der Waals surface area contributed by atoms with Gasteiger partial charge >= 0.3 is 0 Å². The van der Waals surface area contributed by atoms with E-state index in [4.69, 9.17) is 23.2 Å². The summed E-state index contributed by atoms with van der Waals surface area (Å²) >= 11 is 24.3. The largest absolute Gasteiger partial charge is 0.126 e. The van der Waals surface area contributed by atoms with E-state index in [9.17, 15) is 0 Å². The molecule has 0 N–H and O–H groups in total. The first-order valence-electron chi connectivity index (χ1n) is 4.53. The number of benzene rings is 1. The lowest BCUT2D eigenvalue weighted by atomic mass is 10.1. The van der Waals surface area contributed by atoms with Crippen molar-refractivity contribution in [3.8, 4) is 0 Å². The van der Waals surface area contributed by atoms with Crippen LogP contribution >= 0.6 is 82.3 Å². The monoisotopic (exact) mass is 476 g/mol. The van der Waals surface area contributed by atoms with Crippen LogP contribution in [-0.4, -0.2) is 0 Å². The zero-order valence-corrected chi connectivity index (χ0v) is 15.3. The molecular formula is C11H5Br3Cl2S. The SMILES string of the molecule is Clc1sc(C(Br)c2cccc(Br)c2Cl)cc1Br. The van der Waals surface area contributed by atoms with Gasteiger partial charge in [0.25, 0.3) is 0 Å². The lowest BCUT2D eigenvalue weighted by Gasteiger charge is -2.11. The normalized spacial score (nSPS) is 12.8. The van der Waals surface area contributed by atoms with E-state index in [1.54, 1.807) is 0 Å². The molecule has 1 unspecified atom stereocenters. The van der Waals surface area contributed by atoms with Crippen molar-refractivity contribution < 1.29 is 0 Å². The summed E-state index contributed by atoms with van der Waals surface area (Å²) in [5.74, 6) is 0. The summed E-state index contributed by atoms with van der Waals surface area (Å²) in [6.07, 6.45) is 0. The van der Waals surface area contributed by atoms with Gasteiger partial charge in [-0.05, 0) is 49.6 Å². The molecule has 0 spiro atoms. The summed E-state index contributed by atoms with van der Waals surface area (Å²) in [6.45, 7) is 0. The van der Waals surface area contributed by atoms with Crippen molar-refractivity contribution in [2.45, 2.75) is 4.83 Å². The molecule has 0 fully saturated rings. The second-order valence-corrected chi connectivity index (χ2v) is 7.96. The minimum atomic E-state index is 0.0429. The molecule has 1 aromatic carbocycles. The van der Waals surface area contributed by atoms with Gasteiger partial charge in [-0.15, -0.1) is 11.3 Å². The van der Waals surface area contributed by atoms with Crippen molar-refractivity contribution in [2.24, 2.45) is 0 Å². The molecular weight excluding hydrogens is 475 g/mol. The van der Waals surface area contributed by atoms with Crippen LogP contribution < -0.4 is 0 Å². The van der Waals surface area contributed by atoms with E-state index < -0.39 is 0 Å². The Morgan fingerprint density at radius 3 is 2.41 bits per heavy atom. The Bertz CT molecular complexity index is 534. The summed E-state index contributed by atoms with van der Waals surface area (Å²) in [7, 11) is 0. The quantitative estimate of drug-likeness (QED) is 0.404. The fourth-order valence-electron chi connectivity index (χ4n) is 1.36. The van der Waals surface area contributed by atoms with E-state index in [1.165, 1.54) is 11.3 Å². The van der Waals surface area contributed by atoms with Crippen molar-refractivity contribution in [3.63, 3.8) is 0 Å². The highest BCUT2D eigenvalue weighted by atomic mass is 79.9. The molecule has 2 rings (SSSR count). The van der Waals surface area contributed by atoms with Gasteiger partial charge in [-0.3, -0.25) is 0 Å². The summed E-state index contributed by atoms with van der Waals surface area (Å²) in [6, 6.07) is 7.88. The van der Waals surface area contributed by atoms with Gasteiger partial charge < -0.3 is 0 Å². The molecule has 1 atom stereocenters. The Balaban J connectivity index is 2.43. The number of rotatable bonds is 2. The third kappa shape index (κ3) is 3.10. The van der Waals surface area contributed by atoms with E-state index in [2.05, 4.69) is 47.8 Å². The first kappa shape index (κ1) is 14.4. The maximum Gasteiger partial charge on any atom is 0.107 e. The van der Waals surface area contributed by atoms with Gasteiger partial charge in [-0.2, -0.15) is 0 Å². The highest BCUT2D eigenvalue weighted by Gasteiger charge is 2.18. The molecule has 0 bridgehead atoms. The summed E-state index contributed by atoms with van der Waals surface area (Å²) < 4.78 is 2.55. The Morgan fingerprint density at radius 2 is 1.82 bits per heavy atom. The fraction of sp³-hybridized carbons (Fsp3) is 0.0909. The molecule has 2 aromatic rings. The second-order valence-electron chi connectivity index (χ2n) is 3.28. The van der Waals surface area contributed by atoms with Crippen molar-refractivity contribution in [1.29, 1.82) is 0 Å². The van der Waals surface area contributed by atoms with E-state index in [0.717, 1.165) is 28.7 Å². The van der Waals surface area contributed by atoms with Crippen LogP contribution in [0.25, 0.3) is 0 Å². The van der Waals surface area contributed by atoms with Gasteiger partial charge in [0.1, 0.15) is 4.34 Å². The molecule has 0 nitrogen and oxygen atoms in total. The molecule has 0 aliphatic carbocycles. The van der Waals surface area contributed by atoms with Gasteiger partial charge in [0.15, 0.2) is 0 Å². The minimum absolute atomic E-state index is 0.0429. The molecule has 1 heterocycles. The molecule has 0 amide bonds. The van der Waals surface area contributed by atoms with Gasteiger partial charge in [0.05, 0.1) is 9.85 Å². The van der Waals surface area contributed by atoms with E-state index in [-0.39, 0.29) is 4.83 Å². The average molecular weight is 480 g/mol. The summed E-state index contributed by atoms with van der Waals surface area (Å²) in [4.78, 5) is 1.16. The number of hydrogen-bond donors (Lipinski definition) is 0. The van der Waals surface area contributed by atoms with Crippen molar-refractivity contribution >= 4 is 82.3 Å². The maximum atomic E-state index is 6.27. The first-order chi connectivity index (χ1) is 8.00. The third-order valence-electron chi connectivity index (χ3n) is 2.17. The van der Waals surface area contributed by atoms with Crippen molar-refractivity contribution in [2.75, 3.05) is 0 Å². The molecule has 0 aliphatic rings. The molecule has 1 aromatic heterocycles. The van der Waals surface area contributed by atoms with Crippen LogP contribution in [-0.2, 0) is 0 Å². The summed E-state index contributed by atoms with van der Waals surface area (Å²) in [5, 5.41) is 0.718. The smallest absolute Gasteiger partial charge is 0.107 e. The highest BCUT2D eigenvalue weighted by Crippen LogP contribution is 2.44. The standard InChI is InChI=1S/C11H5Br3Cl2S/c12-6-3-1-2-5(10(6)15)9(14)8-4-7(13)11(16)17-8/h1-4,9H. The predicted octanol–water partition coefficient (Wildman–Crippen LogP) is 7.06. The Labute approximate surface area is 139 Å². The number of thiophene rings is 1. The Hall–Kier alpha value is 0.940. The van der Waals surface area contributed by atoms with Crippen LogP contribution in [0.1, 0.15) is 15.3 Å². The van der Waals surface area contributed by atoms with Gasteiger partial charge in [0.2, 0.25) is 0 Å². The minimum Gasteiger partial charge on any atom is -0.126 e. The molecule has 17 heavy (non-hydrogen) atoms. The van der Waals surface area contributed by atoms with Crippen LogP contribution in [0.4, 0.5) is 0 Å². The fourth-order valence-corrected chi connectivity index (χ4v) is 4.63. The lowest BCUT2D eigenvalue weighted by Crippen LogP contribution is -1.91. The topological polar surface area (TPSA) is 0 Å². The molecule has 0 saturated heterocycles. The average Bonchev–Trinajstić information content (AvgIpc) is 2.62. The second kappa shape index (κ2) is 5.93. The van der Waals surface area contributed by atoms with Crippen LogP contribution in [0.5, 0.6) is 0 Å². The Kier molecular flexibility index (Phi) is 5.01. The molecule has 90 valence electrons. The molecule has 0 saturated carbocycles. The zero-order valence-electron chi connectivity index (χ0n) is 8.18. The number of alkyl halides is 1.